The number of rotatable bonds is 7. The lowest BCUT2D eigenvalue weighted by atomic mass is 9.94. The highest BCUT2D eigenvalue weighted by atomic mass is 32.2. The van der Waals surface area contributed by atoms with Crippen LogP contribution in [0, 0.1) is 0 Å². The fourth-order valence-corrected chi connectivity index (χ4v) is 3.84. The Hall–Kier alpha value is -2.14. The molecule has 2 aromatic rings. The van der Waals surface area contributed by atoms with Crippen LogP contribution in [0.25, 0.3) is 0 Å². The first-order valence-electron chi connectivity index (χ1n) is 8.33. The Bertz CT molecular complexity index is 775. The Labute approximate surface area is 152 Å². The standard InChI is InChI=1S/C20H22N2O2S/c1-24-20-19-12-21-17(8-15(19)11-22-20)10-18(23)9-16(13-25-2)14-6-4-3-5-7-14/h3-8,12,16H,9-11,13H2,1-2H3/t16-/m1/s1. The minimum absolute atomic E-state index is 0.223. The summed E-state index contributed by atoms with van der Waals surface area (Å²) in [7, 11) is 1.61. The molecule has 0 amide bonds. The fourth-order valence-electron chi connectivity index (χ4n) is 3.13. The number of pyridine rings is 1. The minimum atomic E-state index is 0.223. The summed E-state index contributed by atoms with van der Waals surface area (Å²) in [5.74, 6) is 2.05. The predicted octanol–water partition coefficient (Wildman–Crippen LogP) is 3.64. The average molecular weight is 354 g/mol. The SMILES string of the molecule is COC1=NCc2cc(CC(=O)C[C@H](CSC)c3ccccc3)ncc21. The first-order valence-corrected chi connectivity index (χ1v) is 9.73. The molecule has 5 heteroatoms. The second kappa shape index (κ2) is 8.30. The summed E-state index contributed by atoms with van der Waals surface area (Å²) in [4.78, 5) is 21.3. The van der Waals surface area contributed by atoms with Gasteiger partial charge >= 0.3 is 0 Å². The zero-order valence-electron chi connectivity index (χ0n) is 14.6. The number of benzene rings is 1. The smallest absolute Gasteiger partial charge is 0.218 e. The van der Waals surface area contributed by atoms with Crippen molar-refractivity contribution in [3.8, 4) is 0 Å². The van der Waals surface area contributed by atoms with Gasteiger partial charge in [0.15, 0.2) is 0 Å². The molecule has 1 atom stereocenters. The Morgan fingerprint density at radius 1 is 1.32 bits per heavy atom. The van der Waals surface area contributed by atoms with Crippen LogP contribution in [-0.4, -0.2) is 35.8 Å². The predicted molar refractivity (Wildman–Crippen MR) is 102 cm³/mol. The third-order valence-electron chi connectivity index (χ3n) is 4.35. The quantitative estimate of drug-likeness (QED) is 0.762. The third-order valence-corrected chi connectivity index (χ3v) is 5.09. The van der Waals surface area contributed by atoms with E-state index >= 15 is 0 Å². The Balaban J connectivity index is 1.66. The molecule has 0 N–H and O–H groups in total. The normalized spacial score (nSPS) is 13.9. The zero-order chi connectivity index (χ0) is 17.6. The van der Waals surface area contributed by atoms with Crippen molar-refractivity contribution in [2.75, 3.05) is 19.1 Å². The monoisotopic (exact) mass is 354 g/mol. The van der Waals surface area contributed by atoms with E-state index in [1.54, 1.807) is 25.1 Å². The van der Waals surface area contributed by atoms with E-state index in [0.29, 0.717) is 25.3 Å². The molecule has 2 heterocycles. The highest BCUT2D eigenvalue weighted by Gasteiger charge is 2.20. The van der Waals surface area contributed by atoms with Gasteiger partial charge in [-0.3, -0.25) is 9.78 Å². The molecule has 25 heavy (non-hydrogen) atoms. The van der Waals surface area contributed by atoms with Gasteiger partial charge in [-0.1, -0.05) is 30.3 Å². The van der Waals surface area contributed by atoms with Gasteiger partial charge in [-0.15, -0.1) is 0 Å². The molecule has 0 spiro atoms. The first kappa shape index (κ1) is 17.7. The van der Waals surface area contributed by atoms with Crippen molar-refractivity contribution in [1.29, 1.82) is 0 Å². The molecule has 0 radical (unpaired) electrons. The van der Waals surface area contributed by atoms with E-state index in [1.807, 2.05) is 24.3 Å². The van der Waals surface area contributed by atoms with E-state index in [0.717, 1.165) is 22.6 Å². The molecule has 1 aliphatic rings. The maximum absolute atomic E-state index is 12.6. The van der Waals surface area contributed by atoms with Crippen LogP contribution in [0.5, 0.6) is 0 Å². The highest BCUT2D eigenvalue weighted by Crippen LogP contribution is 2.25. The summed E-state index contributed by atoms with van der Waals surface area (Å²) in [6, 6.07) is 12.3. The molecular weight excluding hydrogens is 332 g/mol. The van der Waals surface area contributed by atoms with Crippen LogP contribution in [0.3, 0.4) is 0 Å². The van der Waals surface area contributed by atoms with Crippen LogP contribution < -0.4 is 0 Å². The molecule has 1 aromatic carbocycles. The summed E-state index contributed by atoms with van der Waals surface area (Å²) in [5, 5.41) is 0. The van der Waals surface area contributed by atoms with Gasteiger partial charge < -0.3 is 4.74 Å². The van der Waals surface area contributed by atoms with Gasteiger partial charge in [0.25, 0.3) is 0 Å². The first-order chi connectivity index (χ1) is 12.2. The van der Waals surface area contributed by atoms with E-state index in [9.17, 15) is 4.79 Å². The number of ether oxygens (including phenoxy) is 1. The van der Waals surface area contributed by atoms with Crippen molar-refractivity contribution in [2.24, 2.45) is 4.99 Å². The molecule has 0 aliphatic carbocycles. The summed E-state index contributed by atoms with van der Waals surface area (Å²) in [6.07, 6.45) is 4.76. The lowest BCUT2D eigenvalue weighted by Gasteiger charge is -2.15. The van der Waals surface area contributed by atoms with Gasteiger partial charge in [0.05, 0.1) is 19.2 Å². The van der Waals surface area contributed by atoms with Crippen LogP contribution in [0.4, 0.5) is 0 Å². The van der Waals surface area contributed by atoms with E-state index in [1.165, 1.54) is 5.56 Å². The molecule has 1 aliphatic heterocycles. The largest absolute Gasteiger partial charge is 0.481 e. The number of aliphatic imine (C=N–C) groups is 1. The highest BCUT2D eigenvalue weighted by molar-refractivity contribution is 7.98. The number of thioether (sulfide) groups is 1. The van der Waals surface area contributed by atoms with Crippen LogP contribution in [-0.2, 0) is 22.5 Å². The number of hydrogen-bond donors (Lipinski definition) is 0. The summed E-state index contributed by atoms with van der Waals surface area (Å²) < 4.78 is 5.23. The lowest BCUT2D eigenvalue weighted by molar-refractivity contribution is -0.118. The summed E-state index contributed by atoms with van der Waals surface area (Å²) in [6.45, 7) is 0.599. The van der Waals surface area contributed by atoms with Crippen molar-refractivity contribution in [3.63, 3.8) is 0 Å². The molecule has 1 aromatic heterocycles. The van der Waals surface area contributed by atoms with Gasteiger partial charge in [0.1, 0.15) is 5.78 Å². The molecule has 4 nitrogen and oxygen atoms in total. The lowest BCUT2D eigenvalue weighted by Crippen LogP contribution is -2.13. The van der Waals surface area contributed by atoms with Crippen LogP contribution in [0.2, 0.25) is 0 Å². The van der Waals surface area contributed by atoms with E-state index in [2.05, 4.69) is 28.4 Å². The zero-order valence-corrected chi connectivity index (χ0v) is 15.4. The van der Waals surface area contributed by atoms with Crippen molar-refractivity contribution < 1.29 is 9.53 Å². The van der Waals surface area contributed by atoms with Gasteiger partial charge in [-0.05, 0) is 29.4 Å². The van der Waals surface area contributed by atoms with Crippen LogP contribution in [0.1, 0.15) is 34.7 Å². The van der Waals surface area contributed by atoms with Gasteiger partial charge in [0.2, 0.25) is 5.90 Å². The third kappa shape index (κ3) is 4.28. The number of aromatic nitrogens is 1. The number of ketones is 1. The van der Waals surface area contributed by atoms with Crippen molar-refractivity contribution in [2.45, 2.75) is 25.3 Å². The summed E-state index contributed by atoms with van der Waals surface area (Å²) in [5.41, 5.74) is 4.05. The van der Waals surface area contributed by atoms with Gasteiger partial charge in [-0.25, -0.2) is 4.99 Å². The molecule has 0 unspecified atom stereocenters. The maximum atomic E-state index is 12.6. The summed E-state index contributed by atoms with van der Waals surface area (Å²) >= 11 is 1.77. The van der Waals surface area contributed by atoms with Crippen molar-refractivity contribution in [1.82, 2.24) is 4.98 Å². The van der Waals surface area contributed by atoms with Crippen LogP contribution in [0.15, 0.2) is 47.6 Å². The number of nitrogens with zero attached hydrogens (tertiary/aromatic N) is 2. The Morgan fingerprint density at radius 2 is 2.12 bits per heavy atom. The molecule has 130 valence electrons. The minimum Gasteiger partial charge on any atom is -0.481 e. The number of carbonyl (C=O) groups excluding carboxylic acids is 1. The van der Waals surface area contributed by atoms with Crippen molar-refractivity contribution in [3.05, 3.63) is 65.0 Å². The number of fused-ring (bicyclic) bond motifs is 1. The molecule has 0 bridgehead atoms. The Morgan fingerprint density at radius 3 is 2.84 bits per heavy atom. The van der Waals surface area contributed by atoms with E-state index in [4.69, 9.17) is 4.74 Å². The van der Waals surface area contributed by atoms with Gasteiger partial charge in [0, 0.05) is 30.5 Å². The number of hydrogen-bond acceptors (Lipinski definition) is 5. The number of methoxy groups -OCH3 is 1. The van der Waals surface area contributed by atoms with E-state index in [-0.39, 0.29) is 11.7 Å². The van der Waals surface area contributed by atoms with Crippen LogP contribution >= 0.6 is 11.8 Å². The topological polar surface area (TPSA) is 51.5 Å². The average Bonchev–Trinajstić information content (AvgIpc) is 3.04. The number of Topliss-reactive ketones (excluding diaryl/α,β-unsaturated/α-hetero) is 1. The second-order valence-corrected chi connectivity index (χ2v) is 7.05. The maximum Gasteiger partial charge on any atom is 0.218 e. The molecule has 0 saturated carbocycles. The molecular formula is C20H22N2O2S. The van der Waals surface area contributed by atoms with E-state index < -0.39 is 0 Å². The number of carbonyl (C=O) groups is 1. The van der Waals surface area contributed by atoms with Crippen molar-refractivity contribution >= 4 is 23.4 Å². The Kier molecular flexibility index (Phi) is 5.87. The molecule has 3 rings (SSSR count). The molecule has 0 saturated heterocycles. The fraction of sp³-hybridized carbons (Fsp3) is 0.350. The molecule has 0 fully saturated rings. The van der Waals surface area contributed by atoms with Gasteiger partial charge in [-0.2, -0.15) is 11.8 Å². The second-order valence-electron chi connectivity index (χ2n) is 6.14.